The van der Waals surface area contributed by atoms with Gasteiger partial charge < -0.3 is 4.74 Å². The van der Waals surface area contributed by atoms with Crippen LogP contribution in [-0.4, -0.2) is 21.3 Å². The zero-order valence-corrected chi connectivity index (χ0v) is 10.9. The van der Waals surface area contributed by atoms with Gasteiger partial charge in [0, 0.05) is 0 Å². The predicted octanol–water partition coefficient (Wildman–Crippen LogP) is 2.15. The highest BCUT2D eigenvalue weighted by atomic mass is 32.2. The molecule has 0 radical (unpaired) electrons. The molecule has 0 unspecified atom stereocenters. The summed E-state index contributed by atoms with van der Waals surface area (Å²) < 4.78 is 28.8. The molecular weight excluding hydrogens is 240 g/mol. The quantitative estimate of drug-likeness (QED) is 0.773. The Hall–Kier alpha value is -1.61. The molecule has 0 atom stereocenters. The third-order valence-electron chi connectivity index (χ3n) is 2.53. The lowest BCUT2D eigenvalue weighted by molar-refractivity contribution is 0.409. The van der Waals surface area contributed by atoms with Gasteiger partial charge in [-0.3, -0.25) is 0 Å². The summed E-state index contributed by atoms with van der Waals surface area (Å²) >= 11 is 0. The van der Waals surface area contributed by atoms with E-state index in [0.717, 1.165) is 0 Å². The maximum atomic E-state index is 11.8. The number of hydrogen-bond donors (Lipinski definition) is 0. The molecule has 0 fully saturated rings. The van der Waals surface area contributed by atoms with Crippen molar-refractivity contribution in [3.05, 3.63) is 28.2 Å². The number of benzene rings is 1. The lowest BCUT2D eigenvalue weighted by Crippen LogP contribution is -2.07. The number of sulfone groups is 1. The van der Waals surface area contributed by atoms with Crippen molar-refractivity contribution in [2.24, 2.45) is 0 Å². The Labute approximate surface area is 101 Å². The molecule has 17 heavy (non-hydrogen) atoms. The summed E-state index contributed by atoms with van der Waals surface area (Å²) in [6.07, 6.45) is 0. The molecule has 1 aromatic carbocycles. The molecule has 5 nitrogen and oxygen atoms in total. The topological polar surface area (TPSA) is 71.5 Å². The number of methoxy groups -OCH3 is 1. The smallest absolute Gasteiger partial charge is 0.334 e. The van der Waals surface area contributed by atoms with E-state index >= 15 is 0 Å². The van der Waals surface area contributed by atoms with Crippen LogP contribution >= 0.6 is 0 Å². The number of diazo groups is 1. The number of hydrogen-bond acceptors (Lipinski definition) is 4. The van der Waals surface area contributed by atoms with Gasteiger partial charge in [0.1, 0.15) is 10.7 Å². The molecule has 1 rings (SSSR count). The van der Waals surface area contributed by atoms with Gasteiger partial charge in [-0.05, 0) is 24.6 Å². The van der Waals surface area contributed by atoms with Gasteiger partial charge in [-0.25, -0.2) is 8.42 Å². The van der Waals surface area contributed by atoms with Crippen molar-refractivity contribution in [3.8, 4) is 5.75 Å². The van der Waals surface area contributed by atoms with Crippen LogP contribution in [0.25, 0.3) is 4.98 Å². The van der Waals surface area contributed by atoms with Crippen molar-refractivity contribution in [3.63, 3.8) is 0 Å². The van der Waals surface area contributed by atoms with Crippen molar-refractivity contribution in [1.29, 1.82) is 5.39 Å². The first-order chi connectivity index (χ1) is 7.96. The first-order valence-corrected chi connectivity index (χ1v) is 6.82. The molecule has 0 aliphatic carbocycles. The number of rotatable bonds is 4. The summed E-state index contributed by atoms with van der Waals surface area (Å²) in [5.74, 6) is 0.459. The molecule has 92 valence electrons. The summed E-state index contributed by atoms with van der Waals surface area (Å²) in [6, 6.07) is 3.15. The first-order valence-electron chi connectivity index (χ1n) is 5.17. The molecule has 1 aromatic rings. The summed E-state index contributed by atoms with van der Waals surface area (Å²) in [6.45, 7) is 3.39. The molecule has 0 aliphatic rings. The van der Waals surface area contributed by atoms with E-state index in [0.29, 0.717) is 16.9 Å². The lowest BCUT2D eigenvalue weighted by Gasteiger charge is -2.10. The third kappa shape index (κ3) is 2.74. The molecule has 0 amide bonds. The lowest BCUT2D eigenvalue weighted by atomic mass is 10.1. The second-order valence-electron chi connectivity index (χ2n) is 3.63. The molecule has 0 N–H and O–H groups in total. The minimum atomic E-state index is -3.27. The van der Waals surface area contributed by atoms with E-state index in [1.54, 1.807) is 19.9 Å². The largest absolute Gasteiger partial charge is 0.496 e. The minimum Gasteiger partial charge on any atom is -0.496 e. The van der Waals surface area contributed by atoms with Gasteiger partial charge >= 0.3 is 6.54 Å². The van der Waals surface area contributed by atoms with Crippen molar-refractivity contribution >= 4 is 9.84 Å². The Balaban J connectivity index is 3.44. The Bertz CT molecular complexity index is 559. The molecule has 0 spiro atoms. The normalized spacial score (nSPS) is 10.9. The fourth-order valence-electron chi connectivity index (χ4n) is 1.61. The average Bonchev–Trinajstić information content (AvgIpc) is 2.29. The van der Waals surface area contributed by atoms with Gasteiger partial charge in [0.15, 0.2) is 9.84 Å². The van der Waals surface area contributed by atoms with E-state index in [-0.39, 0.29) is 17.2 Å². The Morgan fingerprint density at radius 3 is 2.53 bits per heavy atom. The summed E-state index contributed by atoms with van der Waals surface area (Å²) in [5, 5.41) is 8.56. The standard InChI is InChI=1S/C11H15N2O3S/c1-4-17(14,15)11-6-10(16-3)9(7-13-12)5-8(11)2/h5-6H,4,7H2,1-3H3/q+1. The van der Waals surface area contributed by atoms with Crippen LogP contribution in [0.15, 0.2) is 17.0 Å². The van der Waals surface area contributed by atoms with Gasteiger partial charge in [0.2, 0.25) is 5.39 Å². The molecule has 0 saturated heterocycles. The van der Waals surface area contributed by atoms with Crippen LogP contribution in [0.3, 0.4) is 0 Å². The Morgan fingerprint density at radius 2 is 2.06 bits per heavy atom. The number of aryl methyl sites for hydroxylation is 1. The minimum absolute atomic E-state index is 0.0424. The second-order valence-corrected chi connectivity index (χ2v) is 5.88. The fraction of sp³-hybridized carbons (Fsp3) is 0.455. The van der Waals surface area contributed by atoms with E-state index < -0.39 is 9.84 Å². The van der Waals surface area contributed by atoms with E-state index in [9.17, 15) is 8.42 Å². The maximum Gasteiger partial charge on any atom is 0.334 e. The highest BCUT2D eigenvalue weighted by Crippen LogP contribution is 2.27. The number of nitrogens with zero attached hydrogens (tertiary/aromatic N) is 2. The van der Waals surface area contributed by atoms with Gasteiger partial charge in [-0.2, -0.15) is 0 Å². The third-order valence-corrected chi connectivity index (χ3v) is 4.40. The van der Waals surface area contributed by atoms with E-state index in [1.165, 1.54) is 13.2 Å². The van der Waals surface area contributed by atoms with Crippen molar-refractivity contribution in [2.45, 2.75) is 25.3 Å². The SMILES string of the molecule is CCS(=O)(=O)c1cc(OC)c(C[N+]#N)cc1C. The predicted molar refractivity (Wildman–Crippen MR) is 64.2 cm³/mol. The molecule has 0 aromatic heterocycles. The van der Waals surface area contributed by atoms with E-state index in [2.05, 4.69) is 4.98 Å². The van der Waals surface area contributed by atoms with Crippen molar-refractivity contribution in [1.82, 2.24) is 0 Å². The molecule has 0 heterocycles. The van der Waals surface area contributed by atoms with Gasteiger partial charge in [0.25, 0.3) is 0 Å². The summed E-state index contributed by atoms with van der Waals surface area (Å²) in [4.78, 5) is 3.30. The molecule has 6 heteroatoms. The summed E-state index contributed by atoms with van der Waals surface area (Å²) in [7, 11) is -1.81. The molecular formula is C11H15N2O3S+. The molecule has 0 saturated carbocycles. The first kappa shape index (κ1) is 13.5. The van der Waals surface area contributed by atoms with Crippen LogP contribution in [0.4, 0.5) is 0 Å². The van der Waals surface area contributed by atoms with Gasteiger partial charge in [0.05, 0.1) is 23.3 Å². The van der Waals surface area contributed by atoms with Crippen LogP contribution in [-0.2, 0) is 16.4 Å². The van der Waals surface area contributed by atoms with E-state index in [4.69, 9.17) is 10.1 Å². The monoisotopic (exact) mass is 255 g/mol. The molecule has 0 bridgehead atoms. The highest BCUT2D eigenvalue weighted by Gasteiger charge is 2.19. The van der Waals surface area contributed by atoms with Gasteiger partial charge in [-0.1, -0.05) is 6.92 Å². The van der Waals surface area contributed by atoms with Crippen LogP contribution in [0.1, 0.15) is 18.1 Å². The van der Waals surface area contributed by atoms with Crippen LogP contribution in [0.5, 0.6) is 5.75 Å². The number of ether oxygens (including phenoxy) is 1. The van der Waals surface area contributed by atoms with Crippen LogP contribution in [0.2, 0.25) is 0 Å². The maximum absolute atomic E-state index is 11.8. The summed E-state index contributed by atoms with van der Waals surface area (Å²) in [5.41, 5.74) is 1.29. The van der Waals surface area contributed by atoms with Crippen LogP contribution < -0.4 is 4.74 Å². The Kier molecular flexibility index (Phi) is 4.07. The molecule has 0 aliphatic heterocycles. The zero-order valence-electron chi connectivity index (χ0n) is 10.1. The average molecular weight is 255 g/mol. The Morgan fingerprint density at radius 1 is 1.41 bits per heavy atom. The van der Waals surface area contributed by atoms with Crippen LogP contribution in [0, 0.1) is 12.3 Å². The van der Waals surface area contributed by atoms with E-state index in [1.807, 2.05) is 0 Å². The highest BCUT2D eigenvalue weighted by molar-refractivity contribution is 7.91. The fourth-order valence-corrected chi connectivity index (χ4v) is 2.76. The zero-order chi connectivity index (χ0) is 13.1. The van der Waals surface area contributed by atoms with Crippen molar-refractivity contribution in [2.75, 3.05) is 12.9 Å². The van der Waals surface area contributed by atoms with Gasteiger partial charge in [-0.15, -0.1) is 0 Å². The van der Waals surface area contributed by atoms with Crippen molar-refractivity contribution < 1.29 is 13.2 Å². The second kappa shape index (κ2) is 5.15.